The van der Waals surface area contributed by atoms with Gasteiger partial charge in [-0.1, -0.05) is 19.8 Å². The molecule has 2 aromatic heterocycles. The van der Waals surface area contributed by atoms with Crippen molar-refractivity contribution in [2.24, 2.45) is 5.92 Å². The van der Waals surface area contributed by atoms with Crippen LogP contribution in [-0.2, 0) is 4.74 Å². The van der Waals surface area contributed by atoms with Gasteiger partial charge in [-0.25, -0.2) is 9.97 Å². The van der Waals surface area contributed by atoms with Crippen molar-refractivity contribution in [2.45, 2.75) is 38.7 Å². The Morgan fingerprint density at radius 3 is 3.04 bits per heavy atom. The van der Waals surface area contributed by atoms with Crippen LogP contribution in [0.2, 0.25) is 0 Å². The van der Waals surface area contributed by atoms with E-state index in [0.29, 0.717) is 36.6 Å². The highest BCUT2D eigenvalue weighted by Gasteiger charge is 2.21. The molecule has 2 aromatic rings. The molecule has 24 heavy (non-hydrogen) atoms. The second-order valence-electron chi connectivity index (χ2n) is 6.30. The molecule has 0 saturated heterocycles. The number of rotatable bonds is 6. The van der Waals surface area contributed by atoms with Crippen molar-refractivity contribution in [1.29, 1.82) is 0 Å². The molecule has 1 aliphatic carbocycles. The predicted octanol–water partition coefficient (Wildman–Crippen LogP) is 2.59. The number of carbonyl (C=O) groups excluding carboxylic acids is 1. The Balaban J connectivity index is 1.48. The molecule has 0 aliphatic heterocycles. The third-order valence-corrected chi connectivity index (χ3v) is 4.53. The van der Waals surface area contributed by atoms with Gasteiger partial charge in [0.05, 0.1) is 12.7 Å². The molecule has 1 amide bonds. The van der Waals surface area contributed by atoms with Crippen molar-refractivity contribution in [3.63, 3.8) is 0 Å². The van der Waals surface area contributed by atoms with Crippen LogP contribution in [0.1, 0.15) is 43.0 Å². The quantitative estimate of drug-likeness (QED) is 0.828. The zero-order chi connectivity index (χ0) is 16.8. The molecule has 1 N–H and O–H groups in total. The van der Waals surface area contributed by atoms with Gasteiger partial charge in [0.1, 0.15) is 12.1 Å². The Morgan fingerprint density at radius 1 is 1.38 bits per heavy atom. The minimum Gasteiger partial charge on any atom is -0.376 e. The SMILES string of the molecule is C[C@H]1CCCC[C@@H]1OCCNC(=O)c1ccnc(-n2ccnc2)c1. The first-order chi connectivity index (χ1) is 11.7. The Morgan fingerprint density at radius 2 is 2.25 bits per heavy atom. The summed E-state index contributed by atoms with van der Waals surface area (Å²) in [6.45, 7) is 3.32. The molecular weight excluding hydrogens is 304 g/mol. The molecule has 0 unspecified atom stereocenters. The fraction of sp³-hybridized carbons (Fsp3) is 0.500. The molecule has 0 aromatic carbocycles. The third-order valence-electron chi connectivity index (χ3n) is 4.53. The summed E-state index contributed by atoms with van der Waals surface area (Å²) in [7, 11) is 0. The van der Waals surface area contributed by atoms with Gasteiger partial charge in [0.15, 0.2) is 0 Å². The highest BCUT2D eigenvalue weighted by atomic mass is 16.5. The molecule has 1 saturated carbocycles. The summed E-state index contributed by atoms with van der Waals surface area (Å²) in [6.07, 6.45) is 12.0. The monoisotopic (exact) mass is 328 g/mol. The van der Waals surface area contributed by atoms with E-state index in [4.69, 9.17) is 4.74 Å². The Kier molecular flexibility index (Phi) is 5.59. The van der Waals surface area contributed by atoms with Gasteiger partial charge in [-0.05, 0) is 30.9 Å². The number of nitrogens with zero attached hydrogens (tertiary/aromatic N) is 3. The van der Waals surface area contributed by atoms with Crippen LogP contribution in [0.4, 0.5) is 0 Å². The maximum Gasteiger partial charge on any atom is 0.251 e. The van der Waals surface area contributed by atoms with E-state index in [1.807, 2.05) is 0 Å². The summed E-state index contributed by atoms with van der Waals surface area (Å²) in [6, 6.07) is 3.46. The van der Waals surface area contributed by atoms with E-state index < -0.39 is 0 Å². The van der Waals surface area contributed by atoms with E-state index in [-0.39, 0.29) is 5.91 Å². The first-order valence-corrected chi connectivity index (χ1v) is 8.58. The molecule has 0 bridgehead atoms. The number of ether oxygens (including phenoxy) is 1. The molecule has 6 nitrogen and oxygen atoms in total. The minimum absolute atomic E-state index is 0.112. The van der Waals surface area contributed by atoms with Gasteiger partial charge in [0, 0.05) is 30.7 Å². The minimum atomic E-state index is -0.112. The zero-order valence-electron chi connectivity index (χ0n) is 14.0. The van der Waals surface area contributed by atoms with Crippen LogP contribution in [0.25, 0.3) is 5.82 Å². The number of amides is 1. The first-order valence-electron chi connectivity index (χ1n) is 8.58. The molecule has 0 spiro atoms. The second-order valence-corrected chi connectivity index (χ2v) is 6.30. The summed E-state index contributed by atoms with van der Waals surface area (Å²) in [5.41, 5.74) is 0.583. The number of nitrogens with one attached hydrogen (secondary N) is 1. The highest BCUT2D eigenvalue weighted by molar-refractivity contribution is 5.94. The van der Waals surface area contributed by atoms with Crippen LogP contribution in [0.15, 0.2) is 37.1 Å². The zero-order valence-corrected chi connectivity index (χ0v) is 14.0. The largest absolute Gasteiger partial charge is 0.376 e. The summed E-state index contributed by atoms with van der Waals surface area (Å²) in [5, 5.41) is 2.91. The second kappa shape index (κ2) is 8.06. The van der Waals surface area contributed by atoms with Gasteiger partial charge in [-0.15, -0.1) is 0 Å². The maximum absolute atomic E-state index is 12.3. The Bertz CT molecular complexity index is 657. The van der Waals surface area contributed by atoms with Gasteiger partial charge in [-0.2, -0.15) is 0 Å². The van der Waals surface area contributed by atoms with Crippen molar-refractivity contribution >= 4 is 5.91 Å². The van der Waals surface area contributed by atoms with E-state index in [9.17, 15) is 4.79 Å². The highest BCUT2D eigenvalue weighted by Crippen LogP contribution is 2.25. The molecule has 3 rings (SSSR count). The van der Waals surface area contributed by atoms with Gasteiger partial charge in [-0.3, -0.25) is 9.36 Å². The molecule has 128 valence electrons. The van der Waals surface area contributed by atoms with E-state index in [0.717, 1.165) is 6.42 Å². The normalized spacial score (nSPS) is 20.7. The molecule has 0 radical (unpaired) electrons. The first kappa shape index (κ1) is 16.6. The van der Waals surface area contributed by atoms with Crippen molar-refractivity contribution in [3.8, 4) is 5.82 Å². The van der Waals surface area contributed by atoms with Crippen LogP contribution < -0.4 is 5.32 Å². The lowest BCUT2D eigenvalue weighted by molar-refractivity contribution is -0.00293. The van der Waals surface area contributed by atoms with E-state index in [1.54, 1.807) is 41.6 Å². The lowest BCUT2D eigenvalue weighted by Crippen LogP contribution is -2.31. The van der Waals surface area contributed by atoms with Crippen molar-refractivity contribution in [3.05, 3.63) is 42.6 Å². The van der Waals surface area contributed by atoms with Crippen LogP contribution >= 0.6 is 0 Å². The lowest BCUT2D eigenvalue weighted by Gasteiger charge is -2.28. The van der Waals surface area contributed by atoms with Crippen molar-refractivity contribution in [2.75, 3.05) is 13.2 Å². The average molecular weight is 328 g/mol. The summed E-state index contributed by atoms with van der Waals surface area (Å²) in [4.78, 5) is 20.5. The predicted molar refractivity (Wildman–Crippen MR) is 91.1 cm³/mol. The third kappa shape index (κ3) is 4.20. The smallest absolute Gasteiger partial charge is 0.251 e. The van der Waals surface area contributed by atoms with E-state index >= 15 is 0 Å². The summed E-state index contributed by atoms with van der Waals surface area (Å²) < 4.78 is 7.69. The van der Waals surface area contributed by atoms with Crippen LogP contribution in [-0.4, -0.2) is 39.7 Å². The molecular formula is C18H24N4O2. The van der Waals surface area contributed by atoms with Gasteiger partial charge in [0.2, 0.25) is 0 Å². The number of carbonyl (C=O) groups is 1. The van der Waals surface area contributed by atoms with Crippen LogP contribution in [0, 0.1) is 5.92 Å². The van der Waals surface area contributed by atoms with Gasteiger partial charge < -0.3 is 10.1 Å². The van der Waals surface area contributed by atoms with E-state index in [2.05, 4.69) is 22.2 Å². The van der Waals surface area contributed by atoms with Crippen molar-refractivity contribution < 1.29 is 9.53 Å². The summed E-state index contributed by atoms with van der Waals surface area (Å²) in [5.74, 6) is 1.18. The maximum atomic E-state index is 12.3. The van der Waals surface area contributed by atoms with E-state index in [1.165, 1.54) is 19.3 Å². The van der Waals surface area contributed by atoms with Crippen molar-refractivity contribution in [1.82, 2.24) is 19.9 Å². The molecule has 2 atom stereocenters. The fourth-order valence-electron chi connectivity index (χ4n) is 3.10. The Hall–Kier alpha value is -2.21. The van der Waals surface area contributed by atoms with Crippen LogP contribution in [0.5, 0.6) is 0 Å². The summed E-state index contributed by atoms with van der Waals surface area (Å²) >= 11 is 0. The standard InChI is InChI=1S/C18H24N4O2/c1-14-4-2-3-5-16(14)24-11-9-21-18(23)15-6-7-20-17(12-15)22-10-8-19-13-22/h6-8,10,12-14,16H,2-5,9,11H2,1H3,(H,21,23)/t14-,16-/m0/s1. The molecule has 1 aliphatic rings. The number of hydrogen-bond donors (Lipinski definition) is 1. The molecule has 1 fully saturated rings. The lowest BCUT2D eigenvalue weighted by atomic mass is 9.88. The number of pyridine rings is 1. The Labute approximate surface area is 142 Å². The van der Waals surface area contributed by atoms with Gasteiger partial charge in [0.25, 0.3) is 5.91 Å². The number of aromatic nitrogens is 3. The number of hydrogen-bond acceptors (Lipinski definition) is 4. The topological polar surface area (TPSA) is 69.0 Å². The number of imidazole rings is 1. The van der Waals surface area contributed by atoms with Crippen LogP contribution in [0.3, 0.4) is 0 Å². The molecule has 2 heterocycles. The molecule has 6 heteroatoms. The average Bonchev–Trinajstić information content (AvgIpc) is 3.15. The van der Waals surface area contributed by atoms with Gasteiger partial charge >= 0.3 is 0 Å². The fourth-order valence-corrected chi connectivity index (χ4v) is 3.10.